The molecule has 1 amide bonds. The highest BCUT2D eigenvalue weighted by Crippen LogP contribution is 2.42. The number of hydrogen-bond acceptors (Lipinski definition) is 6. The normalized spacial score (nSPS) is 27.2. The van der Waals surface area contributed by atoms with Gasteiger partial charge in [-0.25, -0.2) is 0 Å². The summed E-state index contributed by atoms with van der Waals surface area (Å²) in [5.74, 6) is 0.762. The van der Waals surface area contributed by atoms with E-state index in [9.17, 15) is 9.90 Å². The van der Waals surface area contributed by atoms with Gasteiger partial charge in [0, 0.05) is 36.7 Å². The van der Waals surface area contributed by atoms with E-state index >= 15 is 0 Å². The Kier molecular flexibility index (Phi) is 10.3. The predicted molar refractivity (Wildman–Crippen MR) is 182 cm³/mol. The van der Waals surface area contributed by atoms with Crippen molar-refractivity contribution in [1.82, 2.24) is 10.2 Å². The summed E-state index contributed by atoms with van der Waals surface area (Å²) in [6.45, 7) is 7.35. The number of aliphatic hydroxyl groups excluding tert-OH is 1. The van der Waals surface area contributed by atoms with Crippen LogP contribution < -0.4 is 11.1 Å². The lowest BCUT2D eigenvalue weighted by Gasteiger charge is -2.50. The van der Waals surface area contributed by atoms with Crippen molar-refractivity contribution in [3.8, 4) is 11.1 Å². The summed E-state index contributed by atoms with van der Waals surface area (Å²) < 4.78 is 13.5. The van der Waals surface area contributed by atoms with Crippen LogP contribution in [0.2, 0.25) is 0 Å². The Morgan fingerprint density at radius 1 is 0.913 bits per heavy atom. The number of nitrogens with zero attached hydrogens (tertiary/aromatic N) is 1. The zero-order valence-electron chi connectivity index (χ0n) is 27.7. The first-order valence-electron chi connectivity index (χ1n) is 17.2. The van der Waals surface area contributed by atoms with Gasteiger partial charge < -0.3 is 25.6 Å². The van der Waals surface area contributed by atoms with Gasteiger partial charge in [-0.3, -0.25) is 9.69 Å². The van der Waals surface area contributed by atoms with E-state index in [1.165, 1.54) is 19.3 Å². The van der Waals surface area contributed by atoms with Gasteiger partial charge in [-0.2, -0.15) is 0 Å². The maximum absolute atomic E-state index is 13.7. The van der Waals surface area contributed by atoms with Crippen LogP contribution in [0, 0.1) is 5.92 Å². The van der Waals surface area contributed by atoms with Crippen LogP contribution in [-0.4, -0.2) is 46.2 Å². The molecule has 246 valence electrons. The highest BCUT2D eigenvalue weighted by atomic mass is 16.7. The number of rotatable bonds is 8. The number of nitrogens with one attached hydrogen (secondary N) is 1. The van der Waals surface area contributed by atoms with E-state index in [0.717, 1.165) is 52.6 Å². The van der Waals surface area contributed by atoms with Crippen molar-refractivity contribution < 1.29 is 19.4 Å². The Balaban J connectivity index is 1.28. The predicted octanol–water partition coefficient (Wildman–Crippen LogP) is 6.79. The number of carbonyl (C=O) groups is 1. The molecule has 1 aliphatic carbocycles. The summed E-state index contributed by atoms with van der Waals surface area (Å²) >= 11 is 0. The van der Waals surface area contributed by atoms with E-state index in [1.807, 2.05) is 24.3 Å². The third kappa shape index (κ3) is 7.56. The number of aliphatic hydroxyl groups is 1. The van der Waals surface area contributed by atoms with Gasteiger partial charge in [0.1, 0.15) is 0 Å². The molecule has 7 heteroatoms. The monoisotopic (exact) mass is 625 g/mol. The minimum absolute atomic E-state index is 0.00926. The standard InChI is InChI=1S/C39H51N3O4/c1-39(2,3)41-37(44)35-21-20-28-8-5-7-11-34(28)42(35)24-32-22-36(29-14-12-26(25-43)13-15-29)46-38(45-32)30-18-16-27(17-19-30)33-10-6-4-9-31(33)23-40/h4,6,9-10,12-19,28,32,34-36,38,43H,5,7-8,11,20-25,40H2,1-3H3,(H,41,44). The lowest BCUT2D eigenvalue weighted by Crippen LogP contribution is -2.61. The van der Waals surface area contributed by atoms with E-state index in [2.05, 4.69) is 79.5 Å². The smallest absolute Gasteiger partial charge is 0.237 e. The minimum atomic E-state index is -0.547. The number of likely N-dealkylation sites (tertiary alicyclic amines) is 1. The van der Waals surface area contributed by atoms with Crippen LogP contribution in [0.1, 0.15) is 100 Å². The number of fused-ring (bicyclic) bond motifs is 1. The number of carbonyl (C=O) groups excluding carboxylic acids is 1. The van der Waals surface area contributed by atoms with Crippen LogP contribution in [0.15, 0.2) is 72.8 Å². The molecular weight excluding hydrogens is 574 g/mol. The Morgan fingerprint density at radius 2 is 1.63 bits per heavy atom. The molecule has 1 saturated carbocycles. The summed E-state index contributed by atoms with van der Waals surface area (Å²) in [4.78, 5) is 16.2. The topological polar surface area (TPSA) is 97.1 Å². The summed E-state index contributed by atoms with van der Waals surface area (Å²) in [6, 6.07) is 24.9. The Morgan fingerprint density at radius 3 is 2.35 bits per heavy atom. The van der Waals surface area contributed by atoms with Crippen LogP contribution in [-0.2, 0) is 27.4 Å². The molecule has 0 aromatic heterocycles. The van der Waals surface area contributed by atoms with Crippen molar-refractivity contribution in [2.45, 2.75) is 115 Å². The second-order valence-corrected chi connectivity index (χ2v) is 14.5. The van der Waals surface area contributed by atoms with Gasteiger partial charge >= 0.3 is 0 Å². The number of piperidine rings is 1. The van der Waals surface area contributed by atoms with E-state index in [4.69, 9.17) is 15.2 Å². The molecule has 46 heavy (non-hydrogen) atoms. The summed E-state index contributed by atoms with van der Waals surface area (Å²) in [5, 5.41) is 12.9. The molecule has 2 aliphatic heterocycles. The minimum Gasteiger partial charge on any atom is -0.392 e. The third-order valence-electron chi connectivity index (χ3n) is 10.1. The van der Waals surface area contributed by atoms with Gasteiger partial charge in [0.2, 0.25) is 5.91 Å². The molecular formula is C39H51N3O4. The molecule has 3 aliphatic rings. The second kappa shape index (κ2) is 14.4. The number of amides is 1. The number of nitrogens with two attached hydrogens (primary N) is 1. The lowest BCUT2D eigenvalue weighted by atomic mass is 9.75. The van der Waals surface area contributed by atoms with Crippen LogP contribution in [0.3, 0.4) is 0 Å². The van der Waals surface area contributed by atoms with Crippen molar-refractivity contribution in [3.05, 3.63) is 95.1 Å². The fraction of sp³-hybridized carbons (Fsp3) is 0.513. The Labute approximate surface area is 274 Å². The molecule has 6 rings (SSSR count). The van der Waals surface area contributed by atoms with E-state index in [1.54, 1.807) is 0 Å². The molecule has 4 N–H and O–H groups in total. The maximum Gasteiger partial charge on any atom is 0.237 e. The molecule has 6 unspecified atom stereocenters. The summed E-state index contributed by atoms with van der Waals surface area (Å²) in [6.07, 6.45) is 6.70. The Hall–Kier alpha value is -3.07. The Bertz CT molecular complexity index is 1450. The fourth-order valence-corrected chi connectivity index (χ4v) is 7.80. The average molecular weight is 626 g/mol. The largest absolute Gasteiger partial charge is 0.392 e. The quantitative estimate of drug-likeness (QED) is 0.255. The SMILES string of the molecule is CC(C)(C)NC(=O)C1CCC2CCCCC2N1CC1CC(c2ccc(CO)cc2)OC(c2ccc(-c3ccccc3CN)cc2)O1. The fourth-order valence-electron chi connectivity index (χ4n) is 7.80. The van der Waals surface area contributed by atoms with Crippen molar-refractivity contribution >= 4 is 5.91 Å². The first-order chi connectivity index (χ1) is 22.2. The van der Waals surface area contributed by atoms with Gasteiger partial charge in [-0.1, -0.05) is 85.6 Å². The van der Waals surface area contributed by atoms with E-state index in [-0.39, 0.29) is 36.3 Å². The molecule has 2 saturated heterocycles. The first-order valence-corrected chi connectivity index (χ1v) is 17.2. The first kappa shape index (κ1) is 32.9. The zero-order chi connectivity index (χ0) is 32.3. The molecule has 7 nitrogen and oxygen atoms in total. The molecule has 3 fully saturated rings. The van der Waals surface area contributed by atoms with Gasteiger partial charge in [0.25, 0.3) is 0 Å². The molecule has 0 bridgehead atoms. The van der Waals surface area contributed by atoms with Crippen molar-refractivity contribution in [2.75, 3.05) is 6.54 Å². The zero-order valence-corrected chi connectivity index (χ0v) is 27.7. The highest BCUT2D eigenvalue weighted by Gasteiger charge is 2.44. The molecule has 2 heterocycles. The summed E-state index contributed by atoms with van der Waals surface area (Å²) in [5.41, 5.74) is 12.0. The highest BCUT2D eigenvalue weighted by molar-refractivity contribution is 5.82. The van der Waals surface area contributed by atoms with Crippen LogP contribution >= 0.6 is 0 Å². The summed E-state index contributed by atoms with van der Waals surface area (Å²) in [7, 11) is 0. The van der Waals surface area contributed by atoms with Gasteiger partial charge in [0.15, 0.2) is 6.29 Å². The van der Waals surface area contributed by atoms with Crippen molar-refractivity contribution in [1.29, 1.82) is 0 Å². The molecule has 0 radical (unpaired) electrons. The number of ether oxygens (including phenoxy) is 2. The average Bonchev–Trinajstić information content (AvgIpc) is 3.07. The molecule has 0 spiro atoms. The van der Waals surface area contributed by atoms with Gasteiger partial charge in [0.05, 0.1) is 24.9 Å². The third-order valence-corrected chi connectivity index (χ3v) is 10.1. The van der Waals surface area contributed by atoms with E-state index in [0.29, 0.717) is 31.5 Å². The maximum atomic E-state index is 13.7. The second-order valence-electron chi connectivity index (χ2n) is 14.5. The lowest BCUT2D eigenvalue weighted by molar-refractivity contribution is -0.255. The van der Waals surface area contributed by atoms with Crippen molar-refractivity contribution in [3.63, 3.8) is 0 Å². The molecule has 6 atom stereocenters. The van der Waals surface area contributed by atoms with Crippen LogP contribution in [0.5, 0.6) is 0 Å². The molecule has 3 aromatic carbocycles. The van der Waals surface area contributed by atoms with E-state index < -0.39 is 6.29 Å². The number of benzene rings is 3. The van der Waals surface area contributed by atoms with Gasteiger partial charge in [-0.05, 0) is 80.2 Å². The van der Waals surface area contributed by atoms with Crippen molar-refractivity contribution in [2.24, 2.45) is 11.7 Å². The molecule has 3 aromatic rings. The van der Waals surface area contributed by atoms with Crippen LogP contribution in [0.4, 0.5) is 0 Å². The van der Waals surface area contributed by atoms with Crippen LogP contribution in [0.25, 0.3) is 11.1 Å². The number of hydrogen-bond donors (Lipinski definition) is 3. The van der Waals surface area contributed by atoms with Gasteiger partial charge in [-0.15, -0.1) is 0 Å².